The number of hydrogen-bond acceptors (Lipinski definition) is 7. The third kappa shape index (κ3) is 6.93. The highest BCUT2D eigenvalue weighted by Crippen LogP contribution is 2.42. The number of benzene rings is 3. The molecule has 45 heavy (non-hydrogen) atoms. The Hall–Kier alpha value is -4.90. The number of furan rings is 1. The molecule has 0 saturated carbocycles. The predicted molar refractivity (Wildman–Crippen MR) is 169 cm³/mol. The summed E-state index contributed by atoms with van der Waals surface area (Å²) in [5.74, 6) is -0.205. The van der Waals surface area contributed by atoms with Crippen molar-refractivity contribution in [3.05, 3.63) is 119 Å². The van der Waals surface area contributed by atoms with E-state index in [0.29, 0.717) is 47.3 Å². The molecule has 3 amide bonds. The summed E-state index contributed by atoms with van der Waals surface area (Å²) in [7, 11) is 0. The van der Waals surface area contributed by atoms with Gasteiger partial charge >= 0.3 is 6.09 Å². The number of carbonyl (C=O) groups excluding carboxylic acids is 3. The number of halogens is 1. The van der Waals surface area contributed by atoms with Crippen LogP contribution in [0.3, 0.4) is 0 Å². The maximum absolute atomic E-state index is 13.7. The minimum Gasteiger partial charge on any atom is -0.467 e. The van der Waals surface area contributed by atoms with Gasteiger partial charge in [-0.3, -0.25) is 19.4 Å². The topological polar surface area (TPSA) is 104 Å². The number of amides is 3. The average molecular weight is 627 g/mol. The van der Waals surface area contributed by atoms with Crippen LogP contribution in [0.5, 0.6) is 0 Å². The zero-order valence-electron chi connectivity index (χ0n) is 24.5. The number of nitrogens with one attached hydrogen (secondary N) is 1. The number of rotatable bonds is 8. The van der Waals surface area contributed by atoms with Crippen LogP contribution in [0.25, 0.3) is 0 Å². The Balaban J connectivity index is 1.13. The number of likely N-dealkylation sites (tertiary alicyclic amines) is 1. The minimum atomic E-state index is -0.635. The Bertz CT molecular complexity index is 1710. The van der Waals surface area contributed by atoms with Crippen molar-refractivity contribution in [3.8, 4) is 0 Å². The molecule has 3 aromatic carbocycles. The molecule has 230 valence electrons. The summed E-state index contributed by atoms with van der Waals surface area (Å²) in [6.45, 7) is 2.55. The Morgan fingerprint density at radius 1 is 1.07 bits per heavy atom. The molecule has 0 radical (unpaired) electrons. The lowest BCUT2D eigenvalue weighted by molar-refractivity contribution is -0.126. The van der Waals surface area contributed by atoms with Gasteiger partial charge in [-0.25, -0.2) is 14.2 Å². The number of hydrogen-bond donors (Lipinski definition) is 1. The van der Waals surface area contributed by atoms with Crippen molar-refractivity contribution >= 4 is 46.2 Å². The first-order valence-electron chi connectivity index (χ1n) is 14.6. The first-order valence-corrected chi connectivity index (χ1v) is 15.5. The van der Waals surface area contributed by atoms with Crippen LogP contribution in [0.4, 0.5) is 20.6 Å². The largest absolute Gasteiger partial charge is 0.467 e. The average Bonchev–Trinajstić information content (AvgIpc) is 3.81. The van der Waals surface area contributed by atoms with Crippen LogP contribution in [0.1, 0.15) is 40.5 Å². The normalized spacial score (nSPS) is 18.9. The molecular formula is C34H31FN4O5S. The number of ether oxygens (including phenoxy) is 1. The smallest absolute Gasteiger partial charge is 0.410 e. The van der Waals surface area contributed by atoms with Gasteiger partial charge in [-0.1, -0.05) is 54.2 Å². The highest BCUT2D eigenvalue weighted by molar-refractivity contribution is 8.15. The molecule has 3 heterocycles. The van der Waals surface area contributed by atoms with Crippen molar-refractivity contribution in [2.75, 3.05) is 11.9 Å². The fourth-order valence-electron chi connectivity index (χ4n) is 5.33. The van der Waals surface area contributed by atoms with Crippen LogP contribution in [-0.2, 0) is 27.5 Å². The van der Waals surface area contributed by atoms with Gasteiger partial charge in [0.15, 0.2) is 5.17 Å². The lowest BCUT2D eigenvalue weighted by Gasteiger charge is -2.23. The van der Waals surface area contributed by atoms with Crippen molar-refractivity contribution in [1.82, 2.24) is 9.80 Å². The summed E-state index contributed by atoms with van der Waals surface area (Å²) < 4.78 is 24.7. The molecule has 1 N–H and O–H groups in total. The Kier molecular flexibility index (Phi) is 8.97. The highest BCUT2D eigenvalue weighted by Gasteiger charge is 2.40. The van der Waals surface area contributed by atoms with Gasteiger partial charge in [0, 0.05) is 12.2 Å². The third-order valence-electron chi connectivity index (χ3n) is 7.69. The molecule has 2 aliphatic rings. The lowest BCUT2D eigenvalue weighted by Crippen LogP contribution is -2.43. The van der Waals surface area contributed by atoms with Crippen molar-refractivity contribution in [3.63, 3.8) is 0 Å². The van der Waals surface area contributed by atoms with E-state index < -0.39 is 17.4 Å². The number of carbonyl (C=O) groups is 3. The molecule has 9 nitrogen and oxygen atoms in total. The first-order chi connectivity index (χ1) is 21.9. The van der Waals surface area contributed by atoms with Crippen molar-refractivity contribution in [2.45, 2.75) is 44.2 Å². The second kappa shape index (κ2) is 13.4. The summed E-state index contributed by atoms with van der Waals surface area (Å²) in [5.41, 5.74) is 3.38. The second-order valence-electron chi connectivity index (χ2n) is 10.8. The van der Waals surface area contributed by atoms with Gasteiger partial charge in [-0.05, 0) is 78.9 Å². The zero-order chi connectivity index (χ0) is 31.3. The standard InChI is InChI=1S/C34H31FN4O5S/c1-22-19-25(35)13-16-28(22)37-33-39(20-27-9-6-18-43-27)32(41)30(45-33)24-11-14-26(15-12-24)36-31(40)29-10-5-17-38(29)34(42)44-21-23-7-3-2-4-8-23/h2-4,6-9,11-16,18-19,29-30H,5,10,17,20-21H2,1H3,(H,36,40)/b37-33-/t29-,30?/m0/s1. The number of anilines is 1. The van der Waals surface area contributed by atoms with E-state index in [1.165, 1.54) is 28.8 Å². The van der Waals surface area contributed by atoms with Gasteiger partial charge < -0.3 is 14.5 Å². The van der Waals surface area contributed by atoms with Gasteiger partial charge in [-0.2, -0.15) is 0 Å². The monoisotopic (exact) mass is 626 g/mol. The molecule has 0 bridgehead atoms. The number of amidine groups is 1. The Labute approximate surface area is 264 Å². The van der Waals surface area contributed by atoms with E-state index in [0.717, 1.165) is 11.1 Å². The van der Waals surface area contributed by atoms with Crippen LogP contribution < -0.4 is 5.32 Å². The summed E-state index contributed by atoms with van der Waals surface area (Å²) in [6, 6.07) is 23.7. The summed E-state index contributed by atoms with van der Waals surface area (Å²) in [6.07, 6.45) is 2.27. The minimum absolute atomic E-state index is 0.138. The molecular weight excluding hydrogens is 595 g/mol. The van der Waals surface area contributed by atoms with E-state index in [2.05, 4.69) is 5.32 Å². The summed E-state index contributed by atoms with van der Waals surface area (Å²) in [5, 5.41) is 2.81. The van der Waals surface area contributed by atoms with Gasteiger partial charge in [0.1, 0.15) is 29.5 Å². The van der Waals surface area contributed by atoms with Crippen LogP contribution in [0, 0.1) is 12.7 Å². The predicted octanol–water partition coefficient (Wildman–Crippen LogP) is 6.97. The molecule has 2 saturated heterocycles. The summed E-state index contributed by atoms with van der Waals surface area (Å²) in [4.78, 5) is 47.4. The number of thioether (sulfide) groups is 1. The molecule has 2 aliphatic heterocycles. The van der Waals surface area contributed by atoms with Gasteiger partial charge in [0.2, 0.25) is 11.8 Å². The maximum Gasteiger partial charge on any atom is 0.410 e. The summed E-state index contributed by atoms with van der Waals surface area (Å²) >= 11 is 1.30. The molecule has 1 unspecified atom stereocenters. The molecule has 0 spiro atoms. The van der Waals surface area contributed by atoms with E-state index in [4.69, 9.17) is 14.1 Å². The molecule has 11 heteroatoms. The Morgan fingerprint density at radius 3 is 2.60 bits per heavy atom. The number of aliphatic imine (C=N–C) groups is 1. The first kappa shape index (κ1) is 30.1. The maximum atomic E-state index is 13.7. The van der Waals surface area contributed by atoms with Crippen molar-refractivity contribution in [2.24, 2.45) is 4.99 Å². The number of nitrogens with zero attached hydrogens (tertiary/aromatic N) is 3. The Morgan fingerprint density at radius 2 is 1.87 bits per heavy atom. The van der Waals surface area contributed by atoms with E-state index in [1.807, 2.05) is 30.3 Å². The van der Waals surface area contributed by atoms with E-state index in [9.17, 15) is 18.8 Å². The molecule has 2 fully saturated rings. The van der Waals surface area contributed by atoms with Crippen molar-refractivity contribution < 1.29 is 27.9 Å². The lowest BCUT2D eigenvalue weighted by atomic mass is 10.1. The van der Waals surface area contributed by atoms with Crippen LogP contribution >= 0.6 is 11.8 Å². The van der Waals surface area contributed by atoms with Crippen molar-refractivity contribution in [1.29, 1.82) is 0 Å². The third-order valence-corrected chi connectivity index (χ3v) is 8.92. The van der Waals surface area contributed by atoms with E-state index in [-0.39, 0.29) is 30.8 Å². The SMILES string of the molecule is Cc1cc(F)ccc1/N=C1\SC(c2ccc(NC(=O)[C@@H]3CCCN3C(=O)OCc3ccccc3)cc2)C(=O)N1Cc1ccco1. The van der Waals surface area contributed by atoms with Crippen LogP contribution in [0.15, 0.2) is 101 Å². The van der Waals surface area contributed by atoms with E-state index in [1.54, 1.807) is 60.6 Å². The number of aryl methyl sites for hydroxylation is 1. The molecule has 2 atom stereocenters. The van der Waals surface area contributed by atoms with E-state index >= 15 is 0 Å². The molecule has 0 aliphatic carbocycles. The molecule has 1 aromatic heterocycles. The zero-order valence-corrected chi connectivity index (χ0v) is 25.3. The fraction of sp³-hybridized carbons (Fsp3) is 0.235. The second-order valence-corrected chi connectivity index (χ2v) is 11.9. The fourth-order valence-corrected chi connectivity index (χ4v) is 6.50. The highest BCUT2D eigenvalue weighted by atomic mass is 32.2. The quantitative estimate of drug-likeness (QED) is 0.227. The van der Waals surface area contributed by atoms with Gasteiger partial charge in [0.05, 0.1) is 18.5 Å². The van der Waals surface area contributed by atoms with Gasteiger partial charge in [-0.15, -0.1) is 0 Å². The van der Waals surface area contributed by atoms with Gasteiger partial charge in [0.25, 0.3) is 0 Å². The molecule has 4 aromatic rings. The molecule has 6 rings (SSSR count). The van der Waals surface area contributed by atoms with Crippen LogP contribution in [0.2, 0.25) is 0 Å². The van der Waals surface area contributed by atoms with Crippen LogP contribution in [-0.4, -0.2) is 45.5 Å².